The van der Waals surface area contributed by atoms with Crippen molar-refractivity contribution in [3.63, 3.8) is 0 Å². The van der Waals surface area contributed by atoms with Crippen molar-refractivity contribution < 1.29 is 9.53 Å². The monoisotopic (exact) mass is 269 g/mol. The molecule has 1 saturated heterocycles. The fourth-order valence-corrected chi connectivity index (χ4v) is 3.37. The van der Waals surface area contributed by atoms with Gasteiger partial charge in [0.2, 0.25) is 5.91 Å². The molecule has 1 saturated carbocycles. The second-order valence-electron chi connectivity index (χ2n) is 6.08. The van der Waals surface area contributed by atoms with Gasteiger partial charge in [-0.3, -0.25) is 4.79 Å². The normalized spacial score (nSPS) is 34.6. The second-order valence-corrected chi connectivity index (χ2v) is 6.08. The fourth-order valence-electron chi connectivity index (χ4n) is 3.37. The third kappa shape index (κ3) is 3.91. The third-order valence-electron chi connectivity index (χ3n) is 4.54. The Morgan fingerprint density at radius 3 is 2.89 bits per heavy atom. The number of amides is 1. The topological polar surface area (TPSA) is 76.4 Å². The molecule has 19 heavy (non-hydrogen) atoms. The van der Waals surface area contributed by atoms with E-state index >= 15 is 0 Å². The Morgan fingerprint density at radius 2 is 2.32 bits per heavy atom. The molecule has 0 aromatic rings. The number of methoxy groups -OCH3 is 1. The van der Waals surface area contributed by atoms with Gasteiger partial charge in [-0.2, -0.15) is 0 Å². The van der Waals surface area contributed by atoms with Crippen LogP contribution in [0.1, 0.15) is 38.5 Å². The third-order valence-corrected chi connectivity index (χ3v) is 4.54. The minimum Gasteiger partial charge on any atom is -0.383 e. The van der Waals surface area contributed by atoms with Gasteiger partial charge in [-0.15, -0.1) is 0 Å². The highest BCUT2D eigenvalue weighted by Gasteiger charge is 2.34. The summed E-state index contributed by atoms with van der Waals surface area (Å²) in [5.41, 5.74) is 5.94. The maximum absolute atomic E-state index is 12.0. The molecular formula is C14H27N3O2. The molecule has 2 fully saturated rings. The molecule has 0 spiro atoms. The lowest BCUT2D eigenvalue weighted by Gasteiger charge is -2.29. The summed E-state index contributed by atoms with van der Waals surface area (Å²) in [5.74, 6) is 0.501. The van der Waals surface area contributed by atoms with Crippen molar-refractivity contribution >= 4 is 5.91 Å². The highest BCUT2D eigenvalue weighted by molar-refractivity contribution is 5.76. The van der Waals surface area contributed by atoms with Crippen LogP contribution in [-0.2, 0) is 9.53 Å². The van der Waals surface area contributed by atoms with Crippen LogP contribution in [-0.4, -0.2) is 44.3 Å². The van der Waals surface area contributed by atoms with Gasteiger partial charge in [0.15, 0.2) is 0 Å². The number of ether oxygens (including phenoxy) is 1. The van der Waals surface area contributed by atoms with Crippen LogP contribution in [0.5, 0.6) is 0 Å². The highest BCUT2D eigenvalue weighted by Crippen LogP contribution is 2.26. The zero-order valence-corrected chi connectivity index (χ0v) is 11.9. The first-order valence-electron chi connectivity index (χ1n) is 7.41. The number of nitrogens with one attached hydrogen (secondary N) is 2. The maximum atomic E-state index is 12.0. The number of carbonyl (C=O) groups excluding carboxylic acids is 1. The lowest BCUT2D eigenvalue weighted by molar-refractivity contribution is -0.122. The van der Waals surface area contributed by atoms with Crippen molar-refractivity contribution in [2.75, 3.05) is 26.8 Å². The van der Waals surface area contributed by atoms with Gasteiger partial charge >= 0.3 is 0 Å². The molecule has 4 N–H and O–H groups in total. The minimum absolute atomic E-state index is 0.0673. The van der Waals surface area contributed by atoms with E-state index in [2.05, 4.69) is 10.6 Å². The molecule has 0 bridgehead atoms. The highest BCUT2D eigenvalue weighted by atomic mass is 16.5. The number of rotatable bonds is 6. The molecule has 3 atom stereocenters. The van der Waals surface area contributed by atoms with E-state index in [1.54, 1.807) is 7.11 Å². The SMILES string of the molecule is COCC1(CNC(=O)C[C@@H]2CCC[C@H]2N)CCCN1. The van der Waals surface area contributed by atoms with Crippen molar-refractivity contribution in [1.29, 1.82) is 0 Å². The van der Waals surface area contributed by atoms with Crippen LogP contribution in [0, 0.1) is 5.92 Å². The molecule has 1 amide bonds. The first kappa shape index (κ1) is 14.8. The van der Waals surface area contributed by atoms with E-state index in [-0.39, 0.29) is 17.5 Å². The average Bonchev–Trinajstić information content (AvgIpc) is 2.99. The Labute approximate surface area is 115 Å². The molecule has 0 aromatic heterocycles. The summed E-state index contributed by atoms with van der Waals surface area (Å²) in [6.45, 7) is 2.31. The van der Waals surface area contributed by atoms with E-state index in [9.17, 15) is 4.79 Å². The number of hydrogen-bond donors (Lipinski definition) is 3. The Kier molecular flexibility index (Phi) is 5.19. The van der Waals surface area contributed by atoms with Gasteiger partial charge in [-0.25, -0.2) is 0 Å². The van der Waals surface area contributed by atoms with Crippen LogP contribution in [0.25, 0.3) is 0 Å². The van der Waals surface area contributed by atoms with Gasteiger partial charge in [0, 0.05) is 26.1 Å². The van der Waals surface area contributed by atoms with E-state index in [0.29, 0.717) is 25.5 Å². The first-order chi connectivity index (χ1) is 9.15. The summed E-state index contributed by atoms with van der Waals surface area (Å²) >= 11 is 0. The molecule has 0 aromatic carbocycles. The molecule has 2 aliphatic rings. The summed E-state index contributed by atoms with van der Waals surface area (Å²) in [4.78, 5) is 12.0. The van der Waals surface area contributed by atoms with Crippen molar-refractivity contribution in [3.05, 3.63) is 0 Å². The Balaban J connectivity index is 1.75. The van der Waals surface area contributed by atoms with Crippen LogP contribution in [0.4, 0.5) is 0 Å². The first-order valence-corrected chi connectivity index (χ1v) is 7.41. The fraction of sp³-hybridized carbons (Fsp3) is 0.929. The predicted molar refractivity (Wildman–Crippen MR) is 74.8 cm³/mol. The lowest BCUT2D eigenvalue weighted by atomic mass is 9.97. The molecule has 1 heterocycles. The van der Waals surface area contributed by atoms with Gasteiger partial charge in [0.25, 0.3) is 0 Å². The summed E-state index contributed by atoms with van der Waals surface area (Å²) in [7, 11) is 1.71. The van der Waals surface area contributed by atoms with Crippen molar-refractivity contribution in [2.24, 2.45) is 11.7 Å². The molecule has 1 aliphatic heterocycles. The summed E-state index contributed by atoms with van der Waals surface area (Å²) in [6, 6.07) is 0.211. The van der Waals surface area contributed by atoms with Crippen molar-refractivity contribution in [2.45, 2.75) is 50.1 Å². The lowest BCUT2D eigenvalue weighted by Crippen LogP contribution is -2.53. The molecule has 0 radical (unpaired) electrons. The second kappa shape index (κ2) is 6.68. The molecule has 2 rings (SSSR count). The van der Waals surface area contributed by atoms with Crippen LogP contribution < -0.4 is 16.4 Å². The van der Waals surface area contributed by atoms with Crippen LogP contribution in [0.3, 0.4) is 0 Å². The Bertz CT molecular complexity index is 303. The molecule has 5 heteroatoms. The van der Waals surface area contributed by atoms with Crippen LogP contribution in [0.2, 0.25) is 0 Å². The van der Waals surface area contributed by atoms with E-state index in [0.717, 1.165) is 38.6 Å². The maximum Gasteiger partial charge on any atom is 0.220 e. The number of nitrogens with two attached hydrogens (primary N) is 1. The van der Waals surface area contributed by atoms with Gasteiger partial charge in [0.05, 0.1) is 12.1 Å². The number of hydrogen-bond acceptors (Lipinski definition) is 4. The molecule has 110 valence electrons. The largest absolute Gasteiger partial charge is 0.383 e. The van der Waals surface area contributed by atoms with E-state index in [4.69, 9.17) is 10.5 Å². The predicted octanol–water partition coefficient (Wildman–Crippen LogP) is 0.389. The van der Waals surface area contributed by atoms with E-state index < -0.39 is 0 Å². The van der Waals surface area contributed by atoms with Crippen molar-refractivity contribution in [3.8, 4) is 0 Å². The van der Waals surface area contributed by atoms with Gasteiger partial charge in [0.1, 0.15) is 0 Å². The van der Waals surface area contributed by atoms with Gasteiger partial charge in [-0.05, 0) is 38.1 Å². The molecule has 5 nitrogen and oxygen atoms in total. The number of carbonyl (C=O) groups is 1. The van der Waals surface area contributed by atoms with Gasteiger partial charge < -0.3 is 21.1 Å². The van der Waals surface area contributed by atoms with Gasteiger partial charge in [-0.1, -0.05) is 6.42 Å². The summed E-state index contributed by atoms with van der Waals surface area (Å²) in [5, 5.41) is 6.53. The van der Waals surface area contributed by atoms with Crippen molar-refractivity contribution in [1.82, 2.24) is 10.6 Å². The average molecular weight is 269 g/mol. The smallest absolute Gasteiger partial charge is 0.220 e. The Hall–Kier alpha value is -0.650. The Morgan fingerprint density at radius 1 is 1.47 bits per heavy atom. The van der Waals surface area contributed by atoms with E-state index in [1.165, 1.54) is 0 Å². The minimum atomic E-state index is -0.0673. The molecular weight excluding hydrogens is 242 g/mol. The van der Waals surface area contributed by atoms with E-state index in [1.807, 2.05) is 0 Å². The molecule has 1 aliphatic carbocycles. The quantitative estimate of drug-likeness (QED) is 0.652. The van der Waals surface area contributed by atoms with Crippen LogP contribution >= 0.6 is 0 Å². The van der Waals surface area contributed by atoms with Crippen LogP contribution in [0.15, 0.2) is 0 Å². The molecule has 1 unspecified atom stereocenters. The summed E-state index contributed by atoms with van der Waals surface area (Å²) in [6.07, 6.45) is 6.10. The zero-order valence-electron chi connectivity index (χ0n) is 11.9. The summed E-state index contributed by atoms with van der Waals surface area (Å²) < 4.78 is 5.28. The standard InChI is InChI=1S/C14H27N3O2/c1-19-10-14(6-3-7-17-14)9-16-13(18)8-11-4-2-5-12(11)15/h11-12,17H,2-10,15H2,1H3,(H,16,18)/t11-,12+,14?/m0/s1. The zero-order chi connectivity index (χ0) is 13.7.